The van der Waals surface area contributed by atoms with Crippen molar-refractivity contribution in [2.24, 2.45) is 0 Å². The maximum absolute atomic E-state index is 4.29. The van der Waals surface area contributed by atoms with Gasteiger partial charge in [0.1, 0.15) is 0 Å². The molecular weight excluding hydrogens is 150 g/mol. The van der Waals surface area contributed by atoms with Gasteiger partial charge in [-0.25, -0.2) is 0 Å². The minimum atomic E-state index is -0.312. The molecule has 50 valence electrons. The zero-order valence-corrected chi connectivity index (χ0v) is 6.94. The van der Waals surface area contributed by atoms with E-state index >= 15 is 0 Å². The van der Waals surface area contributed by atoms with Crippen LogP contribution in [0.25, 0.3) is 0 Å². The van der Waals surface area contributed by atoms with Crippen LogP contribution in [0.5, 0.6) is 0 Å². The number of thiol groups is 2. The van der Waals surface area contributed by atoms with Crippen LogP contribution in [0.1, 0.15) is 0 Å². The van der Waals surface area contributed by atoms with Crippen LogP contribution in [0, 0.1) is 0 Å². The van der Waals surface area contributed by atoms with Crippen molar-refractivity contribution < 1.29 is 0 Å². The summed E-state index contributed by atoms with van der Waals surface area (Å²) in [6, 6.07) is 5.90. The Kier molecular flexibility index (Phi) is 2.42. The molecule has 0 N–H and O–H groups in total. The van der Waals surface area contributed by atoms with E-state index < -0.39 is 0 Å². The van der Waals surface area contributed by atoms with Gasteiger partial charge < -0.3 is 0 Å². The third kappa shape index (κ3) is 1.91. The second-order valence-electron chi connectivity index (χ2n) is 1.71. The van der Waals surface area contributed by atoms with Crippen LogP contribution in [-0.2, 0) is 0 Å². The Labute approximate surface area is 62.7 Å². The molecule has 1 rings (SSSR count). The van der Waals surface area contributed by atoms with Gasteiger partial charge >= 0.3 is 0 Å². The quantitative estimate of drug-likeness (QED) is 0.471. The first-order valence-electron chi connectivity index (χ1n) is 2.64. The lowest BCUT2D eigenvalue weighted by Gasteiger charge is -2.04. The Morgan fingerprint density at radius 2 is 2.33 bits per heavy atom. The first-order valence-corrected chi connectivity index (χ1v) is 5.58. The Hall–Kier alpha value is -0.150. The fourth-order valence-electron chi connectivity index (χ4n) is 0.545. The van der Waals surface area contributed by atoms with E-state index in [-0.39, 0.29) is 9.93 Å². The molecule has 0 fully saturated rings. The van der Waals surface area contributed by atoms with Crippen LogP contribution in [-0.4, -0.2) is 11.2 Å². The number of aromatic nitrogens is 1. The number of pyridine rings is 1. The SMILES string of the molecule is C[SH](S)c1ccccn1. The molecule has 1 unspecified atom stereocenters. The molecule has 1 atom stereocenters. The Morgan fingerprint density at radius 3 is 2.67 bits per heavy atom. The topological polar surface area (TPSA) is 12.9 Å². The van der Waals surface area contributed by atoms with Crippen molar-refractivity contribution >= 4 is 21.6 Å². The van der Waals surface area contributed by atoms with E-state index in [0.717, 1.165) is 5.03 Å². The number of rotatable bonds is 1. The number of hydrogen-bond acceptors (Lipinski definition) is 2. The average Bonchev–Trinajstić information content (AvgIpc) is 1.90. The van der Waals surface area contributed by atoms with Crippen LogP contribution >= 0.6 is 21.6 Å². The van der Waals surface area contributed by atoms with Crippen molar-refractivity contribution in [2.45, 2.75) is 5.03 Å². The lowest BCUT2D eigenvalue weighted by atomic mass is 10.5. The van der Waals surface area contributed by atoms with Gasteiger partial charge in [0.05, 0.1) is 5.03 Å². The van der Waals surface area contributed by atoms with E-state index in [9.17, 15) is 0 Å². The van der Waals surface area contributed by atoms with E-state index in [1.807, 2.05) is 18.2 Å². The number of nitrogens with zero attached hydrogens (tertiary/aromatic N) is 1. The van der Waals surface area contributed by atoms with Crippen molar-refractivity contribution in [3.63, 3.8) is 0 Å². The molecule has 1 aromatic rings. The van der Waals surface area contributed by atoms with Gasteiger partial charge in [0.15, 0.2) is 0 Å². The summed E-state index contributed by atoms with van der Waals surface area (Å²) in [6.07, 6.45) is 3.87. The molecule has 0 saturated carbocycles. The molecule has 0 aromatic carbocycles. The maximum atomic E-state index is 4.29. The molecule has 9 heavy (non-hydrogen) atoms. The van der Waals surface area contributed by atoms with E-state index in [0.29, 0.717) is 0 Å². The van der Waals surface area contributed by atoms with E-state index in [1.54, 1.807) is 6.20 Å². The summed E-state index contributed by atoms with van der Waals surface area (Å²) in [5, 5.41) is 1.09. The molecule has 3 heteroatoms. The molecule has 0 radical (unpaired) electrons. The third-order valence-corrected chi connectivity index (χ3v) is 2.52. The first kappa shape index (κ1) is 6.96. The highest BCUT2D eigenvalue weighted by Gasteiger charge is 1.91. The van der Waals surface area contributed by atoms with Gasteiger partial charge in [0.25, 0.3) is 0 Å². The summed E-state index contributed by atoms with van der Waals surface area (Å²) in [6.45, 7) is 0. The highest BCUT2D eigenvalue weighted by atomic mass is 33.1. The predicted octanol–water partition coefficient (Wildman–Crippen LogP) is 1.92. The fourth-order valence-corrected chi connectivity index (χ4v) is 1.44. The summed E-state index contributed by atoms with van der Waals surface area (Å²) in [4.78, 5) is 4.13. The fraction of sp³-hybridized carbons (Fsp3) is 0.167. The van der Waals surface area contributed by atoms with Crippen LogP contribution in [0.2, 0.25) is 0 Å². The molecule has 0 amide bonds. The third-order valence-electron chi connectivity index (χ3n) is 0.981. The van der Waals surface area contributed by atoms with Gasteiger partial charge in [-0.05, 0) is 18.4 Å². The lowest BCUT2D eigenvalue weighted by Crippen LogP contribution is -1.76. The van der Waals surface area contributed by atoms with Crippen molar-refractivity contribution in [3.05, 3.63) is 24.4 Å². The highest BCUT2D eigenvalue weighted by Crippen LogP contribution is 2.33. The summed E-state index contributed by atoms with van der Waals surface area (Å²) < 4.78 is 0. The van der Waals surface area contributed by atoms with E-state index in [2.05, 4.69) is 22.9 Å². The zero-order chi connectivity index (χ0) is 6.69. The standard InChI is InChI=1S/C6H9NS2/c1-9(8)6-4-2-3-5-7-6/h2-5,8-9H,1H3. The molecule has 0 saturated heterocycles. The van der Waals surface area contributed by atoms with Gasteiger partial charge in [-0.15, -0.1) is 11.7 Å². The van der Waals surface area contributed by atoms with E-state index in [4.69, 9.17) is 0 Å². The lowest BCUT2D eigenvalue weighted by molar-refractivity contribution is 1.14. The predicted molar refractivity (Wildman–Crippen MR) is 46.4 cm³/mol. The Bertz CT molecular complexity index is 174. The van der Waals surface area contributed by atoms with Gasteiger partial charge in [-0.3, -0.25) is 4.98 Å². The Morgan fingerprint density at radius 1 is 1.56 bits per heavy atom. The molecule has 1 nitrogen and oxygen atoms in total. The monoisotopic (exact) mass is 159 g/mol. The molecule has 0 aliphatic carbocycles. The van der Waals surface area contributed by atoms with E-state index in [1.165, 1.54) is 0 Å². The second kappa shape index (κ2) is 3.13. The molecule has 1 aromatic heterocycles. The van der Waals surface area contributed by atoms with Crippen LogP contribution in [0.3, 0.4) is 0 Å². The van der Waals surface area contributed by atoms with Crippen LogP contribution in [0.4, 0.5) is 0 Å². The minimum absolute atomic E-state index is 0.312. The average molecular weight is 159 g/mol. The van der Waals surface area contributed by atoms with Crippen molar-refractivity contribution in [1.82, 2.24) is 4.98 Å². The smallest absolute Gasteiger partial charge is 0.0846 e. The summed E-state index contributed by atoms with van der Waals surface area (Å²) in [5.41, 5.74) is 0. The second-order valence-corrected chi connectivity index (χ2v) is 5.02. The molecular formula is C6H9NS2. The number of hydrogen-bond donors (Lipinski definition) is 2. The van der Waals surface area contributed by atoms with Gasteiger partial charge in [0, 0.05) is 6.20 Å². The summed E-state index contributed by atoms with van der Waals surface area (Å²) >= 11 is 4.29. The zero-order valence-electron chi connectivity index (χ0n) is 5.15. The van der Waals surface area contributed by atoms with Crippen LogP contribution in [0.15, 0.2) is 29.4 Å². The van der Waals surface area contributed by atoms with Crippen molar-refractivity contribution in [1.29, 1.82) is 0 Å². The van der Waals surface area contributed by atoms with Gasteiger partial charge in [-0.2, -0.15) is 9.93 Å². The largest absolute Gasteiger partial charge is 0.251 e. The Balaban J connectivity index is 2.85. The van der Waals surface area contributed by atoms with Crippen LogP contribution < -0.4 is 0 Å². The summed E-state index contributed by atoms with van der Waals surface area (Å²) in [7, 11) is -0.312. The minimum Gasteiger partial charge on any atom is -0.251 e. The summed E-state index contributed by atoms with van der Waals surface area (Å²) in [5.74, 6) is 0. The molecule has 1 heterocycles. The molecule has 0 aliphatic heterocycles. The van der Waals surface area contributed by atoms with Gasteiger partial charge in [0.2, 0.25) is 0 Å². The first-order chi connectivity index (χ1) is 4.30. The normalized spacial score (nSPS) is 15.1. The van der Waals surface area contributed by atoms with Crippen molar-refractivity contribution in [2.75, 3.05) is 6.26 Å². The van der Waals surface area contributed by atoms with Gasteiger partial charge in [-0.1, -0.05) is 6.07 Å². The molecule has 0 aliphatic rings. The highest BCUT2D eigenvalue weighted by molar-refractivity contribution is 8.77. The molecule has 0 bridgehead atoms. The van der Waals surface area contributed by atoms with Crippen molar-refractivity contribution in [3.8, 4) is 0 Å². The molecule has 0 spiro atoms. The maximum Gasteiger partial charge on any atom is 0.0846 e.